The quantitative estimate of drug-likeness (QED) is 0.513. The first-order valence-electron chi connectivity index (χ1n) is 6.27. The third kappa shape index (κ3) is 3.22. The van der Waals surface area contributed by atoms with E-state index in [1.165, 1.54) is 5.39 Å². The van der Waals surface area contributed by atoms with Crippen LogP contribution in [0.1, 0.15) is 5.56 Å². The van der Waals surface area contributed by atoms with Crippen LogP contribution in [-0.2, 0) is 6.54 Å². The summed E-state index contributed by atoms with van der Waals surface area (Å²) in [6.07, 6.45) is 0. The van der Waals surface area contributed by atoms with Crippen LogP contribution in [0.5, 0.6) is 0 Å². The van der Waals surface area contributed by atoms with Gasteiger partial charge in [0, 0.05) is 28.2 Å². The van der Waals surface area contributed by atoms with E-state index in [0.717, 1.165) is 32.4 Å². The Morgan fingerprint density at radius 3 is 2.67 bits per heavy atom. The van der Waals surface area contributed by atoms with Crippen LogP contribution in [0.2, 0.25) is 0 Å². The van der Waals surface area contributed by atoms with Crippen LogP contribution in [0, 0.1) is 10.1 Å². The lowest BCUT2D eigenvalue weighted by Crippen LogP contribution is -1.97. The van der Waals surface area contributed by atoms with Crippen molar-refractivity contribution in [3.05, 3.63) is 68.0 Å². The molecule has 0 saturated carbocycles. The lowest BCUT2D eigenvalue weighted by molar-refractivity contribution is -0.380. The molecule has 1 heterocycles. The van der Waals surface area contributed by atoms with Gasteiger partial charge in [-0.25, -0.2) is 0 Å². The smallest absolute Gasteiger partial charge is 0.324 e. The monoisotopic (exact) mass is 362 g/mol. The summed E-state index contributed by atoms with van der Waals surface area (Å²) in [5, 5.41) is 18.3. The zero-order chi connectivity index (χ0) is 14.8. The first-order valence-corrected chi connectivity index (χ1v) is 7.94. The van der Waals surface area contributed by atoms with Gasteiger partial charge in [-0.05, 0) is 40.6 Å². The SMILES string of the molecule is O=[N+]([O-])c1cc(CNc2ccc3cc(Br)ccc3c2)cs1. The van der Waals surface area contributed by atoms with Gasteiger partial charge in [-0.2, -0.15) is 0 Å². The molecule has 1 N–H and O–H groups in total. The van der Waals surface area contributed by atoms with E-state index in [4.69, 9.17) is 0 Å². The number of halogens is 1. The largest absolute Gasteiger partial charge is 0.381 e. The lowest BCUT2D eigenvalue weighted by atomic mass is 10.1. The van der Waals surface area contributed by atoms with Gasteiger partial charge in [-0.15, -0.1) is 0 Å². The molecule has 0 aliphatic rings. The Balaban J connectivity index is 1.75. The Morgan fingerprint density at radius 1 is 1.14 bits per heavy atom. The molecule has 3 aromatic rings. The number of nitrogens with one attached hydrogen (secondary N) is 1. The predicted octanol–water partition coefficient (Wildman–Crippen LogP) is 5.18. The van der Waals surface area contributed by atoms with Gasteiger partial charge in [-0.3, -0.25) is 10.1 Å². The Hall–Kier alpha value is -1.92. The normalized spacial score (nSPS) is 10.7. The van der Waals surface area contributed by atoms with E-state index in [2.05, 4.69) is 45.5 Å². The maximum atomic E-state index is 10.7. The number of hydrogen-bond acceptors (Lipinski definition) is 4. The fourth-order valence-corrected chi connectivity index (χ4v) is 3.19. The number of benzene rings is 2. The molecule has 0 fully saturated rings. The van der Waals surface area contributed by atoms with Crippen molar-refractivity contribution in [3.63, 3.8) is 0 Å². The molecule has 0 saturated heterocycles. The van der Waals surface area contributed by atoms with E-state index in [0.29, 0.717) is 6.54 Å². The molecule has 0 unspecified atom stereocenters. The summed E-state index contributed by atoms with van der Waals surface area (Å²) in [5.41, 5.74) is 1.92. The molecule has 0 amide bonds. The number of nitrogens with zero attached hydrogens (tertiary/aromatic N) is 1. The lowest BCUT2D eigenvalue weighted by Gasteiger charge is -2.06. The van der Waals surface area contributed by atoms with Gasteiger partial charge in [0.1, 0.15) is 0 Å². The van der Waals surface area contributed by atoms with Gasteiger partial charge in [0.2, 0.25) is 0 Å². The Bertz CT molecular complexity index is 816. The summed E-state index contributed by atoms with van der Waals surface area (Å²) in [7, 11) is 0. The maximum absolute atomic E-state index is 10.7. The molecule has 4 nitrogen and oxygen atoms in total. The standard InChI is InChI=1S/C15H11BrN2O2S/c16-13-3-1-12-7-14(4-2-11(12)6-13)17-8-10-5-15(18(19)20)21-9-10/h1-7,9,17H,8H2. The predicted molar refractivity (Wildman–Crippen MR) is 89.9 cm³/mol. The molecular weight excluding hydrogens is 352 g/mol. The Morgan fingerprint density at radius 2 is 1.90 bits per heavy atom. The highest BCUT2D eigenvalue weighted by Crippen LogP contribution is 2.25. The number of thiophene rings is 1. The minimum atomic E-state index is -0.359. The zero-order valence-electron chi connectivity index (χ0n) is 10.9. The molecule has 1 aromatic heterocycles. The first kappa shape index (κ1) is 14.0. The van der Waals surface area contributed by atoms with Crippen molar-refractivity contribution in [1.82, 2.24) is 0 Å². The molecule has 21 heavy (non-hydrogen) atoms. The molecule has 0 aliphatic carbocycles. The number of fused-ring (bicyclic) bond motifs is 1. The Kier molecular flexibility index (Phi) is 3.90. The van der Waals surface area contributed by atoms with Crippen molar-refractivity contribution in [2.24, 2.45) is 0 Å². The number of anilines is 1. The van der Waals surface area contributed by atoms with Crippen molar-refractivity contribution < 1.29 is 4.92 Å². The van der Waals surface area contributed by atoms with Crippen LogP contribution in [-0.4, -0.2) is 4.92 Å². The average Bonchev–Trinajstić information content (AvgIpc) is 2.94. The molecule has 2 aromatic carbocycles. The van der Waals surface area contributed by atoms with Gasteiger partial charge in [0.15, 0.2) is 0 Å². The second-order valence-corrected chi connectivity index (χ2v) is 6.42. The number of hydrogen-bond donors (Lipinski definition) is 1. The second-order valence-electron chi connectivity index (χ2n) is 4.61. The highest BCUT2D eigenvalue weighted by Gasteiger charge is 2.09. The van der Waals surface area contributed by atoms with Crippen molar-refractivity contribution >= 4 is 48.7 Å². The van der Waals surface area contributed by atoms with Crippen LogP contribution < -0.4 is 5.32 Å². The fraction of sp³-hybridized carbons (Fsp3) is 0.0667. The summed E-state index contributed by atoms with van der Waals surface area (Å²) in [4.78, 5) is 10.3. The van der Waals surface area contributed by atoms with Gasteiger partial charge in [-0.1, -0.05) is 39.4 Å². The molecule has 106 valence electrons. The van der Waals surface area contributed by atoms with Crippen molar-refractivity contribution in [2.45, 2.75) is 6.54 Å². The van der Waals surface area contributed by atoms with Crippen molar-refractivity contribution in [2.75, 3.05) is 5.32 Å². The highest BCUT2D eigenvalue weighted by atomic mass is 79.9. The van der Waals surface area contributed by atoms with Crippen LogP contribution in [0.4, 0.5) is 10.7 Å². The second kappa shape index (κ2) is 5.83. The maximum Gasteiger partial charge on any atom is 0.324 e. The van der Waals surface area contributed by atoms with Gasteiger partial charge in [0.25, 0.3) is 0 Å². The summed E-state index contributed by atoms with van der Waals surface area (Å²) in [6.45, 7) is 0.576. The third-order valence-corrected chi connectivity index (χ3v) is 4.54. The summed E-state index contributed by atoms with van der Waals surface area (Å²) >= 11 is 4.61. The van der Waals surface area contributed by atoms with Crippen molar-refractivity contribution in [1.29, 1.82) is 0 Å². The molecular formula is C15H11BrN2O2S. The van der Waals surface area contributed by atoms with E-state index in [1.807, 2.05) is 17.5 Å². The minimum absolute atomic E-state index is 0.176. The van der Waals surface area contributed by atoms with Gasteiger partial charge in [0.05, 0.1) is 4.92 Å². The third-order valence-electron chi connectivity index (χ3n) is 3.12. The summed E-state index contributed by atoms with van der Waals surface area (Å²) in [6, 6.07) is 13.9. The molecule has 3 rings (SSSR count). The summed E-state index contributed by atoms with van der Waals surface area (Å²) < 4.78 is 1.06. The topological polar surface area (TPSA) is 55.2 Å². The van der Waals surface area contributed by atoms with E-state index in [-0.39, 0.29) is 9.92 Å². The van der Waals surface area contributed by atoms with Crippen LogP contribution in [0.15, 0.2) is 52.3 Å². The average molecular weight is 363 g/mol. The van der Waals surface area contributed by atoms with E-state index >= 15 is 0 Å². The van der Waals surface area contributed by atoms with Crippen molar-refractivity contribution in [3.8, 4) is 0 Å². The molecule has 0 spiro atoms. The van der Waals surface area contributed by atoms with E-state index in [9.17, 15) is 10.1 Å². The molecule has 0 bridgehead atoms. The summed E-state index contributed by atoms with van der Waals surface area (Å²) in [5.74, 6) is 0. The molecule has 6 heteroatoms. The highest BCUT2D eigenvalue weighted by molar-refractivity contribution is 9.10. The molecule has 0 aliphatic heterocycles. The number of nitro groups is 1. The zero-order valence-corrected chi connectivity index (χ0v) is 13.3. The minimum Gasteiger partial charge on any atom is -0.381 e. The van der Waals surface area contributed by atoms with Crippen LogP contribution in [0.25, 0.3) is 10.8 Å². The molecule has 0 radical (unpaired) electrons. The Labute approximate surface area is 133 Å². The van der Waals surface area contributed by atoms with Crippen LogP contribution >= 0.6 is 27.3 Å². The van der Waals surface area contributed by atoms with Gasteiger partial charge >= 0.3 is 5.00 Å². The fourth-order valence-electron chi connectivity index (χ4n) is 2.08. The van der Waals surface area contributed by atoms with E-state index < -0.39 is 0 Å². The van der Waals surface area contributed by atoms with E-state index in [1.54, 1.807) is 6.07 Å². The van der Waals surface area contributed by atoms with Gasteiger partial charge < -0.3 is 5.32 Å². The molecule has 0 atom stereocenters. The first-order chi connectivity index (χ1) is 10.1. The number of rotatable bonds is 4. The van der Waals surface area contributed by atoms with Crippen LogP contribution in [0.3, 0.4) is 0 Å².